The molecule has 1 fully saturated rings. The number of piperazine rings is 1. The fourth-order valence-corrected chi connectivity index (χ4v) is 2.79. The molecule has 0 aliphatic carbocycles. The first-order chi connectivity index (χ1) is 11.7. The normalized spacial score (nSPS) is 15.8. The number of carbonyl (C=O) groups excluding carboxylic acids is 3. The fraction of sp³-hybridized carbons (Fsp3) is 0.471. The number of benzene rings is 1. The van der Waals surface area contributed by atoms with Gasteiger partial charge in [0.25, 0.3) is 0 Å². The molecule has 1 atom stereocenters. The summed E-state index contributed by atoms with van der Waals surface area (Å²) >= 11 is 0. The van der Waals surface area contributed by atoms with Gasteiger partial charge in [0, 0.05) is 50.4 Å². The third-order valence-corrected chi connectivity index (χ3v) is 4.19. The smallest absolute Gasteiger partial charge is 0.234 e. The Kier molecular flexibility index (Phi) is 6.89. The first-order valence-electron chi connectivity index (χ1n) is 8.16. The van der Waals surface area contributed by atoms with E-state index in [1.165, 1.54) is 0 Å². The van der Waals surface area contributed by atoms with Gasteiger partial charge >= 0.3 is 0 Å². The Morgan fingerprint density at radius 2 is 2.08 bits per heavy atom. The van der Waals surface area contributed by atoms with Crippen molar-refractivity contribution in [2.45, 2.75) is 25.4 Å². The van der Waals surface area contributed by atoms with Crippen LogP contribution in [0.15, 0.2) is 18.2 Å². The number of amides is 1. The van der Waals surface area contributed by atoms with Crippen molar-refractivity contribution in [1.29, 1.82) is 0 Å². The predicted molar refractivity (Wildman–Crippen MR) is 92.0 cm³/mol. The van der Waals surface area contributed by atoms with E-state index >= 15 is 0 Å². The summed E-state index contributed by atoms with van der Waals surface area (Å²) < 4.78 is 0. The Morgan fingerprint density at radius 1 is 1.33 bits per heavy atom. The summed E-state index contributed by atoms with van der Waals surface area (Å²) in [5, 5.41) is 6.36. The number of hydrogen-bond acceptors (Lipinski definition) is 6. The second-order valence-electron chi connectivity index (χ2n) is 5.82. The minimum Gasteiger partial charge on any atom is -0.369 e. The van der Waals surface area contributed by atoms with Gasteiger partial charge in [-0.2, -0.15) is 0 Å². The van der Waals surface area contributed by atoms with Crippen molar-refractivity contribution in [3.05, 3.63) is 29.3 Å². The number of hydrogen-bond donors (Lipinski definition) is 3. The van der Waals surface area contributed by atoms with E-state index in [0.717, 1.165) is 50.0 Å². The predicted octanol–water partition coefficient (Wildman–Crippen LogP) is -0.169. The lowest BCUT2D eigenvalue weighted by Crippen LogP contribution is -2.43. The minimum atomic E-state index is -0.586. The molecule has 1 aromatic carbocycles. The van der Waals surface area contributed by atoms with Crippen molar-refractivity contribution < 1.29 is 14.4 Å². The molecular formula is C17H24N4O3. The zero-order valence-corrected chi connectivity index (χ0v) is 13.7. The van der Waals surface area contributed by atoms with Gasteiger partial charge in [-0.1, -0.05) is 0 Å². The van der Waals surface area contributed by atoms with Crippen molar-refractivity contribution in [2.75, 3.05) is 31.1 Å². The Labute approximate surface area is 141 Å². The highest BCUT2D eigenvalue weighted by atomic mass is 16.1. The average Bonchev–Trinajstić information content (AvgIpc) is 2.62. The molecule has 7 nitrogen and oxygen atoms in total. The molecule has 4 N–H and O–H groups in total. The van der Waals surface area contributed by atoms with Gasteiger partial charge < -0.3 is 26.1 Å². The van der Waals surface area contributed by atoms with Crippen molar-refractivity contribution in [3.63, 3.8) is 0 Å². The molecule has 0 bridgehead atoms. The number of anilines is 1. The molecule has 1 unspecified atom stereocenters. The molecule has 1 aliphatic rings. The van der Waals surface area contributed by atoms with Crippen LogP contribution in [0.3, 0.4) is 0 Å². The van der Waals surface area contributed by atoms with Gasteiger partial charge in [0.05, 0.1) is 6.04 Å². The van der Waals surface area contributed by atoms with Crippen LogP contribution in [0.2, 0.25) is 0 Å². The largest absolute Gasteiger partial charge is 0.369 e. The number of carbonyl (C=O) groups is 3. The van der Waals surface area contributed by atoms with Gasteiger partial charge in [0.2, 0.25) is 5.91 Å². The van der Waals surface area contributed by atoms with Crippen molar-refractivity contribution in [1.82, 2.24) is 10.6 Å². The van der Waals surface area contributed by atoms with Crippen LogP contribution < -0.4 is 21.3 Å². The number of primary amides is 1. The van der Waals surface area contributed by atoms with E-state index in [2.05, 4.69) is 15.5 Å². The average molecular weight is 332 g/mol. The number of nitrogens with two attached hydrogens (primary N) is 1. The maximum Gasteiger partial charge on any atom is 0.234 e. The number of nitrogens with zero attached hydrogens (tertiary/aromatic N) is 1. The van der Waals surface area contributed by atoms with E-state index in [9.17, 15) is 14.4 Å². The van der Waals surface area contributed by atoms with Crippen LogP contribution >= 0.6 is 0 Å². The zero-order valence-electron chi connectivity index (χ0n) is 13.7. The van der Waals surface area contributed by atoms with E-state index in [-0.39, 0.29) is 6.42 Å². The Bertz CT molecular complexity index is 585. The molecule has 2 rings (SSSR count). The first-order valence-corrected chi connectivity index (χ1v) is 8.16. The lowest BCUT2D eigenvalue weighted by Gasteiger charge is -2.30. The lowest BCUT2D eigenvalue weighted by atomic mass is 10.1. The van der Waals surface area contributed by atoms with E-state index in [0.29, 0.717) is 18.5 Å². The van der Waals surface area contributed by atoms with E-state index in [1.807, 2.05) is 12.1 Å². The van der Waals surface area contributed by atoms with Crippen LogP contribution in [0, 0.1) is 0 Å². The van der Waals surface area contributed by atoms with E-state index in [1.54, 1.807) is 6.07 Å². The third kappa shape index (κ3) is 4.87. The number of rotatable bonds is 9. The van der Waals surface area contributed by atoms with Crippen LogP contribution in [-0.4, -0.2) is 50.7 Å². The molecule has 1 aromatic rings. The summed E-state index contributed by atoms with van der Waals surface area (Å²) in [6.07, 6.45) is 2.19. The van der Waals surface area contributed by atoms with Gasteiger partial charge in [-0.05, 0) is 30.2 Å². The summed E-state index contributed by atoms with van der Waals surface area (Å²) in [6, 6.07) is 5.13. The van der Waals surface area contributed by atoms with Crippen LogP contribution in [0.25, 0.3) is 0 Å². The zero-order chi connectivity index (χ0) is 17.4. The van der Waals surface area contributed by atoms with Gasteiger partial charge in [0.15, 0.2) is 0 Å². The van der Waals surface area contributed by atoms with Gasteiger partial charge in [-0.15, -0.1) is 0 Å². The van der Waals surface area contributed by atoms with Gasteiger partial charge in [-0.3, -0.25) is 9.59 Å². The monoisotopic (exact) mass is 332 g/mol. The molecule has 0 aromatic heterocycles. The highest BCUT2D eigenvalue weighted by molar-refractivity contribution is 5.81. The van der Waals surface area contributed by atoms with Crippen molar-refractivity contribution in [3.8, 4) is 0 Å². The first kappa shape index (κ1) is 18.1. The Hall–Kier alpha value is -2.25. The third-order valence-electron chi connectivity index (χ3n) is 4.19. The summed E-state index contributed by atoms with van der Waals surface area (Å²) in [4.78, 5) is 35.5. The topological polar surface area (TPSA) is 105 Å². The molecule has 0 saturated carbocycles. The molecule has 1 aliphatic heterocycles. The molecule has 24 heavy (non-hydrogen) atoms. The maximum absolute atomic E-state index is 11.5. The second kappa shape index (κ2) is 9.14. The minimum absolute atomic E-state index is 0.266. The van der Waals surface area contributed by atoms with E-state index in [4.69, 9.17) is 5.73 Å². The van der Waals surface area contributed by atoms with Gasteiger partial charge in [0.1, 0.15) is 12.6 Å². The maximum atomic E-state index is 11.5. The van der Waals surface area contributed by atoms with Gasteiger partial charge in [-0.25, -0.2) is 0 Å². The summed E-state index contributed by atoms with van der Waals surface area (Å²) in [6.45, 7) is 4.03. The molecule has 1 saturated heterocycles. The summed E-state index contributed by atoms with van der Waals surface area (Å²) in [5.41, 5.74) is 7.82. The van der Waals surface area contributed by atoms with Crippen molar-refractivity contribution >= 4 is 24.2 Å². The van der Waals surface area contributed by atoms with Crippen molar-refractivity contribution in [2.24, 2.45) is 5.73 Å². The highest BCUT2D eigenvalue weighted by Gasteiger charge is 2.16. The standard InChI is InChI=1S/C17H24N4O3/c18-17(24)16(2-1-9-22)20-11-14-10-15(4-3-13(14)12-23)21-7-5-19-6-8-21/h3-4,9-10,12,16,19-20H,1-2,5-8,11H2,(H2,18,24). The summed E-state index contributed by atoms with van der Waals surface area (Å²) in [7, 11) is 0. The number of aldehydes is 2. The van der Waals surface area contributed by atoms with Crippen LogP contribution in [0.5, 0.6) is 0 Å². The molecule has 0 spiro atoms. The molecular weight excluding hydrogens is 308 g/mol. The molecule has 0 radical (unpaired) electrons. The van der Waals surface area contributed by atoms with Crippen LogP contribution in [-0.2, 0) is 16.1 Å². The second-order valence-corrected chi connectivity index (χ2v) is 5.82. The Morgan fingerprint density at radius 3 is 2.71 bits per heavy atom. The Balaban J connectivity index is 2.10. The van der Waals surface area contributed by atoms with E-state index < -0.39 is 11.9 Å². The van der Waals surface area contributed by atoms with Crippen LogP contribution in [0.4, 0.5) is 5.69 Å². The SMILES string of the molecule is NC(=O)C(CCC=O)NCc1cc(N2CCNCC2)ccc1C=O. The lowest BCUT2D eigenvalue weighted by molar-refractivity contribution is -0.120. The summed E-state index contributed by atoms with van der Waals surface area (Å²) in [5.74, 6) is -0.497. The molecule has 130 valence electrons. The molecule has 7 heteroatoms. The molecule has 1 heterocycles. The number of nitrogens with one attached hydrogen (secondary N) is 2. The van der Waals surface area contributed by atoms with Crippen LogP contribution in [0.1, 0.15) is 28.8 Å². The quantitative estimate of drug-likeness (QED) is 0.543. The molecule has 1 amide bonds. The highest BCUT2D eigenvalue weighted by Crippen LogP contribution is 2.20. The fourth-order valence-electron chi connectivity index (χ4n) is 2.79.